The van der Waals surface area contributed by atoms with Crippen LogP contribution >= 0.6 is 0 Å². The molecule has 0 bridgehead atoms. The molecule has 1 aromatic rings. The van der Waals surface area contributed by atoms with Crippen LogP contribution in [0.5, 0.6) is 11.5 Å². The van der Waals surface area contributed by atoms with Crippen LogP contribution in [0.3, 0.4) is 0 Å². The van der Waals surface area contributed by atoms with E-state index in [9.17, 15) is 9.59 Å². The number of ether oxygens (including phenoxy) is 3. The normalized spacial score (nSPS) is 10.4. The highest BCUT2D eigenvalue weighted by Gasteiger charge is 2.01. The third-order valence-corrected chi connectivity index (χ3v) is 3.93. The molecule has 26 heavy (non-hydrogen) atoms. The highest BCUT2D eigenvalue weighted by atomic mass is 16.5. The third-order valence-electron chi connectivity index (χ3n) is 3.93. The maximum Gasteiger partial charge on any atom is 0.308 e. The maximum atomic E-state index is 11.2. The zero-order valence-corrected chi connectivity index (χ0v) is 16.1. The topological polar surface area (TPSA) is 61.8 Å². The summed E-state index contributed by atoms with van der Waals surface area (Å²) in [5.74, 6) is 0.931. The van der Waals surface area contributed by atoms with E-state index in [1.165, 1.54) is 32.6 Å². The Balaban J connectivity index is 1.92. The van der Waals surface area contributed by atoms with Gasteiger partial charge in [0.2, 0.25) is 0 Å². The second kappa shape index (κ2) is 14.2. The highest BCUT2D eigenvalue weighted by molar-refractivity contribution is 5.69. The van der Waals surface area contributed by atoms with Crippen molar-refractivity contribution in [2.75, 3.05) is 13.2 Å². The van der Waals surface area contributed by atoms with Crippen LogP contribution in [0.15, 0.2) is 24.3 Å². The molecule has 0 aliphatic rings. The minimum Gasteiger partial charge on any atom is -0.494 e. The smallest absolute Gasteiger partial charge is 0.308 e. The molecule has 146 valence electrons. The van der Waals surface area contributed by atoms with Gasteiger partial charge in [-0.15, -0.1) is 0 Å². The Morgan fingerprint density at radius 1 is 0.808 bits per heavy atom. The van der Waals surface area contributed by atoms with Gasteiger partial charge in [0.1, 0.15) is 11.5 Å². The van der Waals surface area contributed by atoms with E-state index < -0.39 is 0 Å². The van der Waals surface area contributed by atoms with Gasteiger partial charge in [0.15, 0.2) is 0 Å². The number of unbranched alkanes of at least 4 members (excludes halogenated alkanes) is 7. The summed E-state index contributed by atoms with van der Waals surface area (Å²) in [6.07, 6.45) is 9.64. The molecule has 5 nitrogen and oxygen atoms in total. The molecule has 0 saturated heterocycles. The number of hydrogen-bond acceptors (Lipinski definition) is 5. The monoisotopic (exact) mass is 364 g/mol. The highest BCUT2D eigenvalue weighted by Crippen LogP contribution is 2.18. The van der Waals surface area contributed by atoms with Crippen LogP contribution in [0.2, 0.25) is 0 Å². The Kier molecular flexibility index (Phi) is 12.0. The Hall–Kier alpha value is -2.04. The van der Waals surface area contributed by atoms with Gasteiger partial charge >= 0.3 is 11.9 Å². The number of benzene rings is 1. The summed E-state index contributed by atoms with van der Waals surface area (Å²) < 4.78 is 15.6. The molecule has 5 heteroatoms. The van der Waals surface area contributed by atoms with Gasteiger partial charge in [-0.3, -0.25) is 9.59 Å². The van der Waals surface area contributed by atoms with Crippen molar-refractivity contribution < 1.29 is 23.8 Å². The van der Waals surface area contributed by atoms with Crippen molar-refractivity contribution >= 4 is 11.9 Å². The summed E-state index contributed by atoms with van der Waals surface area (Å²) in [5, 5.41) is 0. The number of carbonyl (C=O) groups excluding carboxylic acids is 2. The second-order valence-electron chi connectivity index (χ2n) is 6.30. The molecule has 0 heterocycles. The van der Waals surface area contributed by atoms with E-state index in [0.29, 0.717) is 25.4 Å². The summed E-state index contributed by atoms with van der Waals surface area (Å²) in [6, 6.07) is 7.10. The fourth-order valence-corrected chi connectivity index (χ4v) is 2.63. The molecular weight excluding hydrogens is 332 g/mol. The number of esters is 2. The van der Waals surface area contributed by atoms with Crippen molar-refractivity contribution in [1.82, 2.24) is 0 Å². The lowest BCUT2D eigenvalue weighted by molar-refractivity contribution is -0.143. The maximum absolute atomic E-state index is 11.2. The first-order chi connectivity index (χ1) is 12.6. The molecule has 0 saturated carbocycles. The molecular formula is C21H32O5. The average Bonchev–Trinajstić information content (AvgIpc) is 2.61. The zero-order valence-electron chi connectivity index (χ0n) is 16.1. The van der Waals surface area contributed by atoms with Gasteiger partial charge < -0.3 is 14.2 Å². The summed E-state index contributed by atoms with van der Waals surface area (Å²) in [6.45, 7) is 4.40. The average molecular weight is 364 g/mol. The first kappa shape index (κ1) is 22.0. The van der Waals surface area contributed by atoms with Crippen molar-refractivity contribution in [2.24, 2.45) is 0 Å². The van der Waals surface area contributed by atoms with E-state index in [-0.39, 0.29) is 11.9 Å². The van der Waals surface area contributed by atoms with Crippen LogP contribution in [-0.2, 0) is 14.3 Å². The fraction of sp³-hybridized carbons (Fsp3) is 0.619. The quantitative estimate of drug-likeness (QED) is 0.262. The van der Waals surface area contributed by atoms with Crippen molar-refractivity contribution in [3.05, 3.63) is 24.3 Å². The SMILES string of the molecule is CCOC(=O)CCCCCCCCCCOc1ccc(OC(C)=O)cc1. The summed E-state index contributed by atoms with van der Waals surface area (Å²) in [7, 11) is 0. The lowest BCUT2D eigenvalue weighted by Crippen LogP contribution is -2.03. The van der Waals surface area contributed by atoms with Crippen molar-refractivity contribution in [3.8, 4) is 11.5 Å². The summed E-state index contributed by atoms with van der Waals surface area (Å²) >= 11 is 0. The number of hydrogen-bond donors (Lipinski definition) is 0. The minimum atomic E-state index is -0.322. The van der Waals surface area contributed by atoms with Gasteiger partial charge in [0.05, 0.1) is 13.2 Å². The van der Waals surface area contributed by atoms with Crippen LogP contribution in [0.4, 0.5) is 0 Å². The van der Waals surface area contributed by atoms with Crippen molar-refractivity contribution in [3.63, 3.8) is 0 Å². The summed E-state index contributed by atoms with van der Waals surface area (Å²) in [5.41, 5.74) is 0. The lowest BCUT2D eigenvalue weighted by atomic mass is 10.1. The molecule has 0 unspecified atom stereocenters. The van der Waals surface area contributed by atoms with Crippen LogP contribution in [0, 0.1) is 0 Å². The second-order valence-corrected chi connectivity index (χ2v) is 6.30. The van der Waals surface area contributed by atoms with Crippen molar-refractivity contribution in [1.29, 1.82) is 0 Å². The number of carbonyl (C=O) groups is 2. The van der Waals surface area contributed by atoms with Gasteiger partial charge in [0, 0.05) is 13.3 Å². The first-order valence-electron chi connectivity index (χ1n) is 9.68. The van der Waals surface area contributed by atoms with Crippen LogP contribution in [-0.4, -0.2) is 25.2 Å². The Morgan fingerprint density at radius 2 is 1.35 bits per heavy atom. The Bertz CT molecular complexity index is 510. The molecule has 0 spiro atoms. The summed E-state index contributed by atoms with van der Waals surface area (Å²) in [4.78, 5) is 22.0. The molecule has 0 N–H and O–H groups in total. The van der Waals surface area contributed by atoms with Crippen LogP contribution in [0.25, 0.3) is 0 Å². The van der Waals surface area contributed by atoms with Gasteiger partial charge in [-0.25, -0.2) is 0 Å². The fourth-order valence-electron chi connectivity index (χ4n) is 2.63. The van der Waals surface area contributed by atoms with Gasteiger partial charge in [0.25, 0.3) is 0 Å². The molecule has 0 amide bonds. The molecule has 1 rings (SSSR count). The van der Waals surface area contributed by atoms with E-state index >= 15 is 0 Å². The molecule has 0 aromatic heterocycles. The molecule has 0 radical (unpaired) electrons. The van der Waals surface area contributed by atoms with Gasteiger partial charge in [-0.05, 0) is 44.0 Å². The largest absolute Gasteiger partial charge is 0.494 e. The van der Waals surface area contributed by atoms with E-state index in [1.807, 2.05) is 19.1 Å². The van der Waals surface area contributed by atoms with Crippen molar-refractivity contribution in [2.45, 2.75) is 71.6 Å². The van der Waals surface area contributed by atoms with E-state index in [1.54, 1.807) is 12.1 Å². The standard InChI is InChI=1S/C21H32O5/c1-3-24-21(23)12-10-8-6-4-5-7-9-11-17-25-19-13-15-20(16-14-19)26-18(2)22/h13-16H,3-12,17H2,1-2H3. The third kappa shape index (κ3) is 11.5. The zero-order chi connectivity index (χ0) is 19.0. The molecule has 0 aliphatic carbocycles. The van der Waals surface area contributed by atoms with E-state index in [0.717, 1.165) is 31.4 Å². The predicted octanol–water partition coefficient (Wildman–Crippen LogP) is 5.06. The van der Waals surface area contributed by atoms with E-state index in [2.05, 4.69) is 0 Å². The molecule has 0 atom stereocenters. The first-order valence-corrected chi connectivity index (χ1v) is 9.68. The minimum absolute atomic E-state index is 0.0754. The molecule has 0 aliphatic heterocycles. The Morgan fingerprint density at radius 3 is 1.92 bits per heavy atom. The molecule has 0 fully saturated rings. The van der Waals surface area contributed by atoms with Crippen LogP contribution in [0.1, 0.15) is 71.6 Å². The van der Waals surface area contributed by atoms with Gasteiger partial charge in [-0.1, -0.05) is 38.5 Å². The number of rotatable bonds is 14. The predicted molar refractivity (Wildman–Crippen MR) is 101 cm³/mol. The lowest BCUT2D eigenvalue weighted by Gasteiger charge is -2.07. The Labute approximate surface area is 157 Å². The van der Waals surface area contributed by atoms with Gasteiger partial charge in [-0.2, -0.15) is 0 Å². The van der Waals surface area contributed by atoms with Crippen LogP contribution < -0.4 is 9.47 Å². The van der Waals surface area contributed by atoms with E-state index in [4.69, 9.17) is 14.2 Å². The molecule has 1 aromatic carbocycles.